The minimum Gasteiger partial charge on any atom is -0.346 e. The summed E-state index contributed by atoms with van der Waals surface area (Å²) < 4.78 is 12.3. The Morgan fingerprint density at radius 2 is 1.95 bits per heavy atom. The fourth-order valence-electron chi connectivity index (χ4n) is 3.51. The van der Waals surface area contributed by atoms with Crippen molar-refractivity contribution in [3.63, 3.8) is 0 Å². The molecular formula is C14H20O4S2. The van der Waals surface area contributed by atoms with Crippen LogP contribution in [-0.2, 0) is 19.1 Å². The molecule has 0 aromatic carbocycles. The van der Waals surface area contributed by atoms with Crippen LogP contribution in [0.1, 0.15) is 25.7 Å². The number of hydrogen-bond donors (Lipinski definition) is 0. The summed E-state index contributed by atoms with van der Waals surface area (Å²) in [6.07, 6.45) is 4.97. The summed E-state index contributed by atoms with van der Waals surface area (Å²) in [5, 5.41) is 0. The molecule has 1 aliphatic carbocycles. The molecule has 3 rings (SSSR count). The predicted molar refractivity (Wildman–Crippen MR) is 79.8 cm³/mol. The van der Waals surface area contributed by atoms with E-state index < -0.39 is 11.9 Å². The van der Waals surface area contributed by atoms with E-state index in [4.69, 9.17) is 9.47 Å². The normalized spacial score (nSPS) is 41.5. The van der Waals surface area contributed by atoms with Crippen LogP contribution in [-0.4, -0.2) is 47.2 Å². The van der Waals surface area contributed by atoms with Crippen molar-refractivity contribution >= 4 is 36.1 Å². The topological polar surface area (TPSA) is 52.6 Å². The van der Waals surface area contributed by atoms with Gasteiger partial charge in [0.1, 0.15) is 12.4 Å². The molecule has 6 heteroatoms. The third kappa shape index (κ3) is 2.80. The summed E-state index contributed by atoms with van der Waals surface area (Å²) in [6.45, 7) is 0.332. The van der Waals surface area contributed by atoms with Crippen LogP contribution in [0.3, 0.4) is 0 Å². The molecule has 0 aromatic rings. The molecule has 1 spiro atoms. The first kappa shape index (κ1) is 14.9. The number of carbonyl (C=O) groups is 2. The number of carbonyl (C=O) groups excluding carboxylic acids is 2. The first-order valence-corrected chi connectivity index (χ1v) is 9.33. The Kier molecular flexibility index (Phi) is 4.75. The van der Waals surface area contributed by atoms with E-state index in [1.54, 1.807) is 0 Å². The van der Waals surface area contributed by atoms with Gasteiger partial charge in [-0.15, -0.1) is 23.5 Å². The van der Waals surface area contributed by atoms with E-state index in [9.17, 15) is 9.59 Å². The van der Waals surface area contributed by atoms with Gasteiger partial charge in [0.25, 0.3) is 0 Å². The second-order valence-corrected chi connectivity index (χ2v) is 8.53. The molecule has 1 saturated carbocycles. The molecule has 0 amide bonds. The highest BCUT2D eigenvalue weighted by atomic mass is 32.2. The average Bonchev–Trinajstić information content (AvgIpc) is 3.18. The molecule has 3 aliphatic rings. The van der Waals surface area contributed by atoms with Gasteiger partial charge in [-0.05, 0) is 19.3 Å². The van der Waals surface area contributed by atoms with E-state index in [0.29, 0.717) is 11.2 Å². The van der Waals surface area contributed by atoms with E-state index >= 15 is 0 Å². The Morgan fingerprint density at radius 3 is 2.60 bits per heavy atom. The Hall–Kier alpha value is -0.0400. The van der Waals surface area contributed by atoms with Crippen LogP contribution < -0.4 is 0 Å². The van der Waals surface area contributed by atoms with Crippen LogP contribution >= 0.6 is 23.5 Å². The van der Waals surface area contributed by atoms with Crippen LogP contribution in [0, 0.1) is 11.8 Å². The first-order chi connectivity index (χ1) is 9.77. The van der Waals surface area contributed by atoms with Gasteiger partial charge in [-0.2, -0.15) is 0 Å². The zero-order valence-electron chi connectivity index (χ0n) is 11.4. The largest absolute Gasteiger partial charge is 0.346 e. The molecule has 0 aromatic heterocycles. The maximum absolute atomic E-state index is 11.3. The molecule has 0 bridgehead atoms. The number of ether oxygens (including phenoxy) is 2. The highest BCUT2D eigenvalue weighted by Crippen LogP contribution is 2.49. The zero-order valence-corrected chi connectivity index (χ0v) is 13.0. The fraction of sp³-hybridized carbons (Fsp3) is 0.857. The highest BCUT2D eigenvalue weighted by molar-refractivity contribution is 8.20. The van der Waals surface area contributed by atoms with Gasteiger partial charge in [0, 0.05) is 29.8 Å². The third-order valence-corrected chi connectivity index (χ3v) is 7.65. The van der Waals surface area contributed by atoms with Crippen LogP contribution in [0.5, 0.6) is 0 Å². The predicted octanol–water partition coefficient (Wildman–Crippen LogP) is 2.11. The minimum absolute atomic E-state index is 0.0109. The van der Waals surface area contributed by atoms with Crippen LogP contribution in [0.4, 0.5) is 0 Å². The summed E-state index contributed by atoms with van der Waals surface area (Å²) in [7, 11) is 0. The van der Waals surface area contributed by atoms with E-state index in [2.05, 4.69) is 0 Å². The lowest BCUT2D eigenvalue weighted by Crippen LogP contribution is -2.38. The van der Waals surface area contributed by atoms with E-state index in [0.717, 1.165) is 38.3 Å². The van der Waals surface area contributed by atoms with Crippen molar-refractivity contribution in [2.45, 2.75) is 42.2 Å². The maximum atomic E-state index is 11.3. The van der Waals surface area contributed by atoms with Crippen molar-refractivity contribution in [1.82, 2.24) is 0 Å². The number of aldehydes is 2. The fourth-order valence-corrected chi connectivity index (χ4v) is 6.37. The Balaban J connectivity index is 1.66. The smallest absolute Gasteiger partial charge is 0.172 e. The van der Waals surface area contributed by atoms with Crippen molar-refractivity contribution in [2.24, 2.45) is 11.8 Å². The molecule has 0 N–H and O–H groups in total. The molecule has 2 saturated heterocycles. The highest BCUT2D eigenvalue weighted by Gasteiger charge is 2.54. The van der Waals surface area contributed by atoms with Crippen LogP contribution in [0.25, 0.3) is 0 Å². The Morgan fingerprint density at radius 1 is 1.15 bits per heavy atom. The quantitative estimate of drug-likeness (QED) is 0.724. The van der Waals surface area contributed by atoms with Gasteiger partial charge in [0.05, 0.1) is 11.2 Å². The second-order valence-electron chi connectivity index (χ2n) is 5.61. The van der Waals surface area contributed by atoms with Crippen LogP contribution in [0.2, 0.25) is 0 Å². The van der Waals surface area contributed by atoms with E-state index in [1.807, 2.05) is 23.5 Å². The van der Waals surface area contributed by atoms with Crippen molar-refractivity contribution in [3.05, 3.63) is 0 Å². The molecule has 112 valence electrons. The summed E-state index contributed by atoms with van der Waals surface area (Å²) >= 11 is 4.01. The lowest BCUT2D eigenvalue weighted by Gasteiger charge is -2.31. The van der Waals surface area contributed by atoms with E-state index in [1.165, 1.54) is 11.5 Å². The van der Waals surface area contributed by atoms with Gasteiger partial charge in [-0.1, -0.05) is 0 Å². The molecule has 3 fully saturated rings. The van der Waals surface area contributed by atoms with Gasteiger partial charge in [0.15, 0.2) is 12.1 Å². The lowest BCUT2D eigenvalue weighted by atomic mass is 9.89. The molecule has 4 atom stereocenters. The molecule has 4 nitrogen and oxygen atoms in total. The SMILES string of the molecule is O=CC1COC2(CCC(C=O)C2CCC2SCCS2)O1. The summed E-state index contributed by atoms with van der Waals surface area (Å²) in [6, 6.07) is 0. The van der Waals surface area contributed by atoms with Crippen molar-refractivity contribution in [1.29, 1.82) is 0 Å². The summed E-state index contributed by atoms with van der Waals surface area (Å²) in [5.74, 6) is 1.89. The molecule has 2 aliphatic heterocycles. The molecular weight excluding hydrogens is 296 g/mol. The van der Waals surface area contributed by atoms with Gasteiger partial charge in [-0.3, -0.25) is 0 Å². The zero-order chi connectivity index (χ0) is 14.0. The maximum Gasteiger partial charge on any atom is 0.172 e. The summed E-state index contributed by atoms with van der Waals surface area (Å²) in [4.78, 5) is 22.2. The van der Waals surface area contributed by atoms with Crippen molar-refractivity contribution < 1.29 is 19.1 Å². The average molecular weight is 316 g/mol. The first-order valence-electron chi connectivity index (χ1n) is 7.23. The molecule has 4 unspecified atom stereocenters. The Labute approximate surface area is 127 Å². The third-order valence-electron chi connectivity index (χ3n) is 4.48. The van der Waals surface area contributed by atoms with Gasteiger partial charge < -0.3 is 19.1 Å². The Bertz CT molecular complexity index is 368. The van der Waals surface area contributed by atoms with Crippen LogP contribution in [0.15, 0.2) is 0 Å². The van der Waals surface area contributed by atoms with Crippen molar-refractivity contribution in [3.8, 4) is 0 Å². The van der Waals surface area contributed by atoms with E-state index in [-0.39, 0.29) is 11.8 Å². The summed E-state index contributed by atoms with van der Waals surface area (Å²) in [5.41, 5.74) is 0. The monoisotopic (exact) mass is 316 g/mol. The lowest BCUT2D eigenvalue weighted by molar-refractivity contribution is -0.196. The number of thioether (sulfide) groups is 2. The minimum atomic E-state index is -0.676. The van der Waals surface area contributed by atoms with Gasteiger partial charge in [-0.25, -0.2) is 0 Å². The molecule has 20 heavy (non-hydrogen) atoms. The number of rotatable bonds is 5. The molecule has 2 heterocycles. The van der Waals surface area contributed by atoms with Gasteiger partial charge in [0.2, 0.25) is 0 Å². The standard InChI is InChI=1S/C14H20O4S2/c15-7-10-3-4-14(17-9-11(8-16)18-14)12(10)1-2-13-19-5-6-20-13/h7-8,10-13H,1-6,9H2. The van der Waals surface area contributed by atoms with Gasteiger partial charge >= 0.3 is 0 Å². The van der Waals surface area contributed by atoms with Crippen molar-refractivity contribution in [2.75, 3.05) is 18.1 Å². The second kappa shape index (κ2) is 6.38. The number of hydrogen-bond acceptors (Lipinski definition) is 6. The molecule has 0 radical (unpaired) electrons.